The van der Waals surface area contributed by atoms with E-state index in [2.05, 4.69) is 211 Å². The van der Waals surface area contributed by atoms with Gasteiger partial charge in [-0.1, -0.05) is 176 Å². The van der Waals surface area contributed by atoms with E-state index in [1.54, 1.807) is 0 Å². The number of allylic oxidation sites excluding steroid dienone is 2. The summed E-state index contributed by atoms with van der Waals surface area (Å²) in [4.78, 5) is 2.45. The van der Waals surface area contributed by atoms with Gasteiger partial charge in [-0.25, -0.2) is 0 Å². The molecule has 0 saturated heterocycles. The van der Waals surface area contributed by atoms with Crippen LogP contribution in [0.15, 0.2) is 206 Å². The molecule has 1 aliphatic heterocycles. The average Bonchev–Trinajstić information content (AvgIpc) is 3.93. The zero-order valence-electron chi connectivity index (χ0n) is 29.2. The lowest BCUT2D eigenvalue weighted by Crippen LogP contribution is -2.36. The Morgan fingerprint density at radius 1 is 0.340 bits per heavy atom. The number of rotatable bonds is 5. The van der Waals surface area contributed by atoms with E-state index in [9.17, 15) is 0 Å². The van der Waals surface area contributed by atoms with Crippen molar-refractivity contribution in [3.63, 3.8) is 0 Å². The molecule has 11 rings (SSSR count). The lowest BCUT2D eigenvalue weighted by atomic mass is 9.64. The minimum atomic E-state index is -0.481. The molecule has 0 amide bonds. The minimum absolute atomic E-state index is 0.221. The van der Waals surface area contributed by atoms with Crippen LogP contribution in [0.1, 0.15) is 44.9 Å². The summed E-state index contributed by atoms with van der Waals surface area (Å²) in [6.07, 6.45) is 0. The molecule has 1 nitrogen and oxygen atoms in total. The lowest BCUT2D eigenvalue weighted by molar-refractivity contribution is 0.752. The molecule has 0 N–H and O–H groups in total. The summed E-state index contributed by atoms with van der Waals surface area (Å²) in [5.74, 6) is 0.221. The van der Waals surface area contributed by atoms with Gasteiger partial charge >= 0.3 is 0 Å². The maximum atomic E-state index is 2.54. The van der Waals surface area contributed by atoms with Gasteiger partial charge in [-0.3, -0.25) is 0 Å². The normalized spacial score (nSPS) is 15.8. The van der Waals surface area contributed by atoms with Gasteiger partial charge in [0.1, 0.15) is 0 Å². The molecule has 53 heavy (non-hydrogen) atoms. The molecule has 1 spiro atoms. The molecule has 8 aromatic carbocycles. The van der Waals surface area contributed by atoms with Crippen LogP contribution in [0.3, 0.4) is 0 Å². The second-order valence-electron chi connectivity index (χ2n) is 14.4. The van der Waals surface area contributed by atoms with Gasteiger partial charge in [-0.05, 0) is 103 Å². The molecule has 8 aromatic rings. The van der Waals surface area contributed by atoms with Crippen LogP contribution >= 0.6 is 0 Å². The summed E-state index contributed by atoms with van der Waals surface area (Å²) in [6, 6.07) is 76.2. The van der Waals surface area contributed by atoms with Crippen molar-refractivity contribution in [2.45, 2.75) is 11.3 Å². The van der Waals surface area contributed by atoms with Gasteiger partial charge in [-0.15, -0.1) is 0 Å². The van der Waals surface area contributed by atoms with E-state index in [1.165, 1.54) is 89.4 Å². The molecule has 1 heterocycles. The summed E-state index contributed by atoms with van der Waals surface area (Å²) >= 11 is 0. The highest BCUT2D eigenvalue weighted by molar-refractivity contribution is 6.15. The molecule has 3 aliphatic rings. The Morgan fingerprint density at radius 3 is 1.57 bits per heavy atom. The number of hydrogen-bond acceptors (Lipinski definition) is 1. The summed E-state index contributed by atoms with van der Waals surface area (Å²) in [5.41, 5.74) is 20.3. The first kappa shape index (κ1) is 30.0. The van der Waals surface area contributed by atoms with Crippen LogP contribution in [-0.4, -0.2) is 0 Å². The Hall–Kier alpha value is -6.70. The predicted molar refractivity (Wildman–Crippen MR) is 220 cm³/mol. The molecule has 0 bridgehead atoms. The van der Waals surface area contributed by atoms with Crippen LogP contribution < -0.4 is 4.90 Å². The first-order chi connectivity index (χ1) is 26.3. The number of benzene rings is 8. The van der Waals surface area contributed by atoms with Gasteiger partial charge in [-0.2, -0.15) is 0 Å². The van der Waals surface area contributed by atoms with Crippen LogP contribution in [0.5, 0.6) is 0 Å². The molecule has 0 radical (unpaired) electrons. The Balaban J connectivity index is 1.14. The molecule has 0 saturated carbocycles. The number of anilines is 3. The van der Waals surface area contributed by atoms with Gasteiger partial charge in [0.2, 0.25) is 0 Å². The molecule has 0 aromatic heterocycles. The van der Waals surface area contributed by atoms with E-state index in [0.717, 1.165) is 0 Å². The van der Waals surface area contributed by atoms with Crippen LogP contribution in [-0.2, 0) is 5.41 Å². The van der Waals surface area contributed by atoms with Gasteiger partial charge in [0.05, 0.1) is 16.8 Å². The summed E-state index contributed by atoms with van der Waals surface area (Å²) < 4.78 is 0. The van der Waals surface area contributed by atoms with E-state index >= 15 is 0 Å². The third-order valence-electron chi connectivity index (χ3n) is 11.7. The first-order valence-corrected chi connectivity index (χ1v) is 18.6. The topological polar surface area (TPSA) is 3.24 Å². The third kappa shape index (κ3) is 4.38. The van der Waals surface area contributed by atoms with E-state index in [0.29, 0.717) is 0 Å². The van der Waals surface area contributed by atoms with Crippen LogP contribution in [0, 0.1) is 0 Å². The maximum absolute atomic E-state index is 2.54. The van der Waals surface area contributed by atoms with E-state index in [4.69, 9.17) is 0 Å². The molecule has 1 unspecified atom stereocenters. The quantitative estimate of drug-likeness (QED) is 0.176. The number of para-hydroxylation sites is 3. The second-order valence-corrected chi connectivity index (χ2v) is 14.4. The fourth-order valence-corrected chi connectivity index (χ4v) is 9.47. The van der Waals surface area contributed by atoms with Crippen molar-refractivity contribution in [1.82, 2.24) is 0 Å². The molecular weight excluding hydrogens is 639 g/mol. The molecule has 0 fully saturated rings. The minimum Gasteiger partial charge on any atom is -0.310 e. The van der Waals surface area contributed by atoms with Crippen LogP contribution in [0.4, 0.5) is 17.1 Å². The predicted octanol–water partition coefficient (Wildman–Crippen LogP) is 13.2. The Morgan fingerprint density at radius 2 is 0.868 bits per heavy atom. The molecule has 2 aliphatic carbocycles. The highest BCUT2D eigenvalue weighted by Gasteiger charge is 2.52. The largest absolute Gasteiger partial charge is 0.310 e. The molecule has 248 valence electrons. The number of fused-ring (bicyclic) bond motifs is 9. The molecular formula is C52H35N. The maximum Gasteiger partial charge on any atom is 0.0754 e. The highest BCUT2D eigenvalue weighted by Crippen LogP contribution is 2.65. The van der Waals surface area contributed by atoms with Gasteiger partial charge < -0.3 is 4.90 Å². The van der Waals surface area contributed by atoms with Crippen molar-refractivity contribution < 1.29 is 0 Å². The monoisotopic (exact) mass is 673 g/mol. The average molecular weight is 674 g/mol. The van der Waals surface area contributed by atoms with E-state index in [-0.39, 0.29) is 5.92 Å². The fourth-order valence-electron chi connectivity index (χ4n) is 9.47. The zero-order valence-corrected chi connectivity index (χ0v) is 29.2. The second kappa shape index (κ2) is 11.7. The Kier molecular flexibility index (Phi) is 6.60. The van der Waals surface area contributed by atoms with Crippen molar-refractivity contribution in [3.8, 4) is 22.3 Å². The van der Waals surface area contributed by atoms with E-state index in [1.807, 2.05) is 0 Å². The standard InChI is InChI=1S/C52H35N/c1-4-17-35(18-5-1)37-21-16-22-38(33-37)50-49(36-19-6-2-7-20-36)51(50)39-31-32-42-41-25-10-11-26-43(41)52(46(42)34-39)44-27-12-14-29-47(44)53(40-23-8-3-9-24-40)48-30-15-13-28-45(48)52/h1-34,50H. The van der Waals surface area contributed by atoms with Crippen LogP contribution in [0.25, 0.3) is 33.4 Å². The summed E-state index contributed by atoms with van der Waals surface area (Å²) in [5, 5.41) is 0. The van der Waals surface area contributed by atoms with Crippen molar-refractivity contribution in [2.24, 2.45) is 0 Å². The number of nitrogens with zero attached hydrogens (tertiary/aromatic N) is 1. The summed E-state index contributed by atoms with van der Waals surface area (Å²) in [7, 11) is 0. The first-order valence-electron chi connectivity index (χ1n) is 18.6. The van der Waals surface area contributed by atoms with Gasteiger partial charge in [0, 0.05) is 11.6 Å². The number of hydrogen-bond donors (Lipinski definition) is 0. The molecule has 1 heteroatoms. The van der Waals surface area contributed by atoms with Gasteiger partial charge in [0.25, 0.3) is 0 Å². The zero-order chi connectivity index (χ0) is 34.9. The van der Waals surface area contributed by atoms with Crippen molar-refractivity contribution >= 4 is 28.2 Å². The Labute approximate surface area is 310 Å². The van der Waals surface area contributed by atoms with E-state index < -0.39 is 5.41 Å². The van der Waals surface area contributed by atoms with Crippen molar-refractivity contribution in [1.29, 1.82) is 0 Å². The summed E-state index contributed by atoms with van der Waals surface area (Å²) in [6.45, 7) is 0. The highest BCUT2D eigenvalue weighted by atomic mass is 15.2. The van der Waals surface area contributed by atoms with Crippen molar-refractivity contribution in [2.75, 3.05) is 4.90 Å². The SMILES string of the molecule is c1ccc(C2=C(c3ccc4c(c3)C3(c5ccccc5-4)c4ccccc4N(c4ccccc4)c4ccccc43)C2c2cccc(-c3ccccc3)c2)cc1. The van der Waals surface area contributed by atoms with Crippen molar-refractivity contribution in [3.05, 3.63) is 245 Å². The third-order valence-corrected chi connectivity index (χ3v) is 11.7. The molecule has 1 atom stereocenters. The lowest BCUT2D eigenvalue weighted by Gasteiger charge is -2.45. The Bertz CT molecular complexity index is 2680. The van der Waals surface area contributed by atoms with Gasteiger partial charge in [0.15, 0.2) is 0 Å². The fraction of sp³-hybridized carbons (Fsp3) is 0.0385. The van der Waals surface area contributed by atoms with Crippen LogP contribution in [0.2, 0.25) is 0 Å². The smallest absolute Gasteiger partial charge is 0.0754 e.